The number of nitrogens with one attached hydrogen (secondary N) is 1. The standard InChI is InChI=1S/C31H39ClN2O5S/c1-4-5-9-29(35)27-14-11-24(27)19-34-16-7-6-8-22-17-26(32)13-10-25(22)20-39-30-15-12-23(18-28(30)34)31(36)33-40(37,38)21(2)3/h5,9-10,12-13,15,17-18,21,24,27H,4,6-8,11,14,16,19-20H2,1-3H3,(H,33,36)/b9-5+/t24-,27+/m0/s1. The molecule has 0 unspecified atom stereocenters. The van der Waals surface area contributed by atoms with Gasteiger partial charge < -0.3 is 9.64 Å². The van der Waals surface area contributed by atoms with Gasteiger partial charge in [-0.15, -0.1) is 0 Å². The zero-order valence-electron chi connectivity index (χ0n) is 23.5. The lowest BCUT2D eigenvalue weighted by Crippen LogP contribution is -2.42. The molecular formula is C31H39ClN2O5S. The van der Waals surface area contributed by atoms with Crippen molar-refractivity contribution < 1.29 is 22.7 Å². The van der Waals surface area contributed by atoms with Crippen LogP contribution in [0.4, 0.5) is 5.69 Å². The van der Waals surface area contributed by atoms with E-state index in [1.54, 1.807) is 24.3 Å². The van der Waals surface area contributed by atoms with E-state index in [1.165, 1.54) is 13.8 Å². The van der Waals surface area contributed by atoms with E-state index in [2.05, 4.69) is 9.62 Å². The Morgan fingerprint density at radius 2 is 1.93 bits per heavy atom. The van der Waals surface area contributed by atoms with Gasteiger partial charge in [0.1, 0.15) is 12.4 Å². The minimum absolute atomic E-state index is 0.0144. The number of carbonyl (C=O) groups excluding carboxylic acids is 2. The first-order valence-corrected chi connectivity index (χ1v) is 16.1. The molecule has 40 heavy (non-hydrogen) atoms. The van der Waals surface area contributed by atoms with Gasteiger partial charge in [-0.1, -0.05) is 30.7 Å². The van der Waals surface area contributed by atoms with E-state index in [0.717, 1.165) is 55.3 Å². The van der Waals surface area contributed by atoms with Crippen LogP contribution in [-0.4, -0.2) is 38.4 Å². The van der Waals surface area contributed by atoms with Crippen molar-refractivity contribution in [3.63, 3.8) is 0 Å². The number of amides is 1. The number of hydrogen-bond donors (Lipinski definition) is 1. The molecule has 4 rings (SSSR count). The van der Waals surface area contributed by atoms with Crippen LogP contribution in [0.1, 0.15) is 74.4 Å². The van der Waals surface area contributed by atoms with Crippen LogP contribution in [0.3, 0.4) is 0 Å². The zero-order chi connectivity index (χ0) is 28.9. The maximum absolute atomic E-state index is 13.0. The first-order chi connectivity index (χ1) is 19.1. The largest absolute Gasteiger partial charge is 0.487 e. The summed E-state index contributed by atoms with van der Waals surface area (Å²) in [5, 5.41) is -0.0412. The normalized spacial score (nSPS) is 19.7. The molecule has 7 nitrogen and oxygen atoms in total. The average molecular weight is 587 g/mol. The van der Waals surface area contributed by atoms with E-state index >= 15 is 0 Å². The summed E-state index contributed by atoms with van der Waals surface area (Å²) in [5.41, 5.74) is 3.19. The number of benzene rings is 2. The van der Waals surface area contributed by atoms with Gasteiger partial charge in [0.05, 0.1) is 10.9 Å². The number of fused-ring (bicyclic) bond motifs is 2. The number of allylic oxidation sites excluding steroid dienone is 2. The molecule has 2 aliphatic rings. The Kier molecular flexibility index (Phi) is 9.95. The Hall–Kier alpha value is -2.84. The average Bonchev–Trinajstić information content (AvgIpc) is 2.92. The van der Waals surface area contributed by atoms with Gasteiger partial charge in [0.15, 0.2) is 5.78 Å². The summed E-state index contributed by atoms with van der Waals surface area (Å²) < 4.78 is 33.3. The third kappa shape index (κ3) is 7.26. The number of anilines is 1. The van der Waals surface area contributed by atoms with Crippen LogP contribution < -0.4 is 14.4 Å². The number of halogens is 1. The lowest BCUT2D eigenvalue weighted by Gasteiger charge is -2.40. The zero-order valence-corrected chi connectivity index (χ0v) is 25.1. The molecule has 1 aliphatic heterocycles. The van der Waals surface area contributed by atoms with Crippen LogP contribution in [0.15, 0.2) is 48.6 Å². The van der Waals surface area contributed by atoms with Gasteiger partial charge >= 0.3 is 0 Å². The maximum Gasteiger partial charge on any atom is 0.264 e. The molecule has 1 amide bonds. The summed E-state index contributed by atoms with van der Waals surface area (Å²) in [6.07, 6.45) is 8.99. The molecule has 1 saturated carbocycles. The highest BCUT2D eigenvalue weighted by atomic mass is 35.5. The second-order valence-corrected chi connectivity index (χ2v) is 13.6. The van der Waals surface area contributed by atoms with Gasteiger partial charge in [0.2, 0.25) is 10.0 Å². The van der Waals surface area contributed by atoms with Crippen molar-refractivity contribution in [2.24, 2.45) is 11.8 Å². The highest BCUT2D eigenvalue weighted by molar-refractivity contribution is 7.90. The molecule has 0 spiro atoms. The van der Waals surface area contributed by atoms with E-state index in [1.807, 2.05) is 31.2 Å². The van der Waals surface area contributed by atoms with E-state index in [9.17, 15) is 18.0 Å². The Morgan fingerprint density at radius 3 is 2.62 bits per heavy atom. The van der Waals surface area contributed by atoms with E-state index in [4.69, 9.17) is 16.3 Å². The van der Waals surface area contributed by atoms with Crippen LogP contribution in [0.25, 0.3) is 0 Å². The Morgan fingerprint density at radius 1 is 1.12 bits per heavy atom. The second kappa shape index (κ2) is 13.2. The fourth-order valence-corrected chi connectivity index (χ4v) is 5.99. The number of hydrogen-bond acceptors (Lipinski definition) is 6. The van der Waals surface area contributed by atoms with Gasteiger partial charge in [0.25, 0.3) is 5.91 Å². The van der Waals surface area contributed by atoms with Crippen molar-refractivity contribution in [3.8, 4) is 5.75 Å². The highest BCUT2D eigenvalue weighted by Gasteiger charge is 2.36. The number of ether oxygens (including phenoxy) is 1. The Labute approximate surface area is 243 Å². The van der Waals surface area contributed by atoms with Crippen LogP contribution in [0.5, 0.6) is 5.75 Å². The topological polar surface area (TPSA) is 92.8 Å². The number of aryl methyl sites for hydroxylation is 1. The summed E-state index contributed by atoms with van der Waals surface area (Å²) in [6, 6.07) is 10.9. The molecule has 2 aromatic rings. The van der Waals surface area contributed by atoms with Gasteiger partial charge in [0, 0.05) is 29.6 Å². The number of nitrogens with zero attached hydrogens (tertiary/aromatic N) is 1. The van der Waals surface area contributed by atoms with Crippen molar-refractivity contribution in [2.45, 2.75) is 71.2 Å². The smallest absolute Gasteiger partial charge is 0.264 e. The summed E-state index contributed by atoms with van der Waals surface area (Å²) in [4.78, 5) is 28.0. The number of sulfonamides is 1. The summed E-state index contributed by atoms with van der Waals surface area (Å²) in [7, 11) is -3.78. The van der Waals surface area contributed by atoms with Crippen LogP contribution in [0, 0.1) is 11.8 Å². The highest BCUT2D eigenvalue weighted by Crippen LogP contribution is 2.39. The fraction of sp³-hybridized carbons (Fsp3) is 0.484. The van der Waals surface area contributed by atoms with E-state index in [-0.39, 0.29) is 23.2 Å². The van der Waals surface area contributed by atoms with Crippen molar-refractivity contribution in [1.82, 2.24) is 4.72 Å². The number of rotatable bonds is 8. The molecule has 2 aromatic carbocycles. The van der Waals surface area contributed by atoms with Crippen LogP contribution in [-0.2, 0) is 27.8 Å². The van der Waals surface area contributed by atoms with Crippen LogP contribution in [0.2, 0.25) is 5.02 Å². The molecule has 0 radical (unpaired) electrons. The van der Waals surface area contributed by atoms with E-state index in [0.29, 0.717) is 30.5 Å². The van der Waals surface area contributed by atoms with E-state index < -0.39 is 21.2 Å². The molecule has 9 heteroatoms. The molecular weight excluding hydrogens is 548 g/mol. The molecule has 1 N–H and O–H groups in total. The molecule has 2 atom stereocenters. The molecule has 1 fully saturated rings. The summed E-state index contributed by atoms with van der Waals surface area (Å²) in [6.45, 7) is 6.77. The molecule has 216 valence electrons. The predicted octanol–water partition coefficient (Wildman–Crippen LogP) is 6.09. The Bertz CT molecular complexity index is 1370. The molecule has 0 aromatic heterocycles. The van der Waals surface area contributed by atoms with Crippen molar-refractivity contribution in [1.29, 1.82) is 0 Å². The third-order valence-corrected chi connectivity index (χ3v) is 9.79. The van der Waals surface area contributed by atoms with Gasteiger partial charge in [-0.2, -0.15) is 0 Å². The fourth-order valence-electron chi connectivity index (χ4n) is 5.19. The van der Waals surface area contributed by atoms with Gasteiger partial charge in [-0.25, -0.2) is 13.1 Å². The molecule has 1 aliphatic carbocycles. The molecule has 1 heterocycles. The SMILES string of the molecule is CC/C=C/C(=O)[C@@H]1CC[C@H]1CN1CCCCc2cc(Cl)ccc2COc2ccc(C(=O)NS(=O)(=O)C(C)C)cc21. The monoisotopic (exact) mass is 586 g/mol. The maximum atomic E-state index is 13.0. The molecule has 0 bridgehead atoms. The summed E-state index contributed by atoms with van der Waals surface area (Å²) in [5.74, 6) is 0.291. The van der Waals surface area contributed by atoms with Gasteiger partial charge in [-0.3, -0.25) is 9.59 Å². The minimum Gasteiger partial charge on any atom is -0.487 e. The quantitative estimate of drug-likeness (QED) is 0.376. The van der Waals surface area contributed by atoms with Crippen molar-refractivity contribution >= 4 is 39.0 Å². The minimum atomic E-state index is -3.78. The van der Waals surface area contributed by atoms with Crippen molar-refractivity contribution in [3.05, 3.63) is 70.3 Å². The van der Waals surface area contributed by atoms with Crippen LogP contribution >= 0.6 is 11.6 Å². The lowest BCUT2D eigenvalue weighted by atomic mass is 9.71. The first-order valence-electron chi connectivity index (χ1n) is 14.1. The first kappa shape index (κ1) is 30.1. The molecule has 0 saturated heterocycles. The predicted molar refractivity (Wildman–Crippen MR) is 160 cm³/mol. The number of carbonyl (C=O) groups is 2. The Balaban J connectivity index is 1.67. The summed E-state index contributed by atoms with van der Waals surface area (Å²) >= 11 is 6.28. The second-order valence-electron chi connectivity index (χ2n) is 11.0. The third-order valence-electron chi connectivity index (χ3n) is 7.85. The van der Waals surface area contributed by atoms with Gasteiger partial charge in [-0.05, 0) is 106 Å². The number of ketones is 1. The lowest BCUT2D eigenvalue weighted by molar-refractivity contribution is -0.122. The van der Waals surface area contributed by atoms with Crippen molar-refractivity contribution in [2.75, 3.05) is 18.0 Å².